The number of hydrogen-bond acceptors (Lipinski definition) is 2. The van der Waals surface area contributed by atoms with Gasteiger partial charge in [0.1, 0.15) is 6.54 Å². The monoisotopic (exact) mass is 256 g/mol. The third-order valence-corrected chi connectivity index (χ3v) is 4.10. The molecule has 0 spiro atoms. The molecule has 1 heterocycles. The maximum absolute atomic E-state index is 12.3. The first kappa shape index (κ1) is 11.0. The van der Waals surface area contributed by atoms with Crippen LogP contribution in [0, 0.1) is 5.92 Å². The summed E-state index contributed by atoms with van der Waals surface area (Å²) < 4.78 is 0. The van der Waals surface area contributed by atoms with Gasteiger partial charge in [-0.1, -0.05) is 12.1 Å². The average Bonchev–Trinajstić information content (AvgIpc) is 3.28. The molecular formula is C15H16N2O2. The molecule has 3 aliphatic rings. The number of anilines is 2. The Labute approximate surface area is 112 Å². The maximum atomic E-state index is 12.3. The second-order valence-corrected chi connectivity index (χ2v) is 5.68. The molecule has 98 valence electrons. The second kappa shape index (κ2) is 3.83. The topological polar surface area (TPSA) is 40.6 Å². The summed E-state index contributed by atoms with van der Waals surface area (Å²) in [6.45, 7) is 0.211. The van der Waals surface area contributed by atoms with Crippen LogP contribution in [0.25, 0.3) is 0 Å². The zero-order valence-electron chi connectivity index (χ0n) is 10.7. The highest BCUT2D eigenvalue weighted by Gasteiger charge is 2.43. The van der Waals surface area contributed by atoms with E-state index in [2.05, 4.69) is 0 Å². The molecule has 1 aromatic carbocycles. The van der Waals surface area contributed by atoms with E-state index in [4.69, 9.17) is 0 Å². The van der Waals surface area contributed by atoms with Gasteiger partial charge < -0.3 is 9.80 Å². The van der Waals surface area contributed by atoms with Crippen molar-refractivity contribution in [3.63, 3.8) is 0 Å². The first-order valence-corrected chi connectivity index (χ1v) is 6.98. The number of carbonyl (C=O) groups excluding carboxylic acids is 2. The van der Waals surface area contributed by atoms with Gasteiger partial charge in [0.05, 0.1) is 11.4 Å². The molecule has 1 aliphatic heterocycles. The van der Waals surface area contributed by atoms with Crippen LogP contribution in [0.3, 0.4) is 0 Å². The number of hydrogen-bond donors (Lipinski definition) is 0. The molecule has 0 bridgehead atoms. The SMILES string of the molecule is O=C(C1CC1)N1CC(=O)N(C2CC2)c2ccccc21. The molecule has 2 saturated carbocycles. The van der Waals surface area contributed by atoms with Gasteiger partial charge in [0.25, 0.3) is 0 Å². The summed E-state index contributed by atoms with van der Waals surface area (Å²) in [5, 5.41) is 0. The molecule has 0 radical (unpaired) electrons. The Balaban J connectivity index is 1.76. The lowest BCUT2D eigenvalue weighted by molar-refractivity contribution is -0.123. The number of nitrogens with zero attached hydrogens (tertiary/aromatic N) is 2. The largest absolute Gasteiger partial charge is 0.306 e. The highest BCUT2D eigenvalue weighted by atomic mass is 16.2. The van der Waals surface area contributed by atoms with Crippen LogP contribution < -0.4 is 9.80 Å². The molecule has 0 N–H and O–H groups in total. The summed E-state index contributed by atoms with van der Waals surface area (Å²) in [5.74, 6) is 0.333. The van der Waals surface area contributed by atoms with Crippen LogP contribution in [0.15, 0.2) is 24.3 Å². The van der Waals surface area contributed by atoms with Crippen LogP contribution in [-0.4, -0.2) is 24.4 Å². The van der Waals surface area contributed by atoms with E-state index in [9.17, 15) is 9.59 Å². The molecule has 19 heavy (non-hydrogen) atoms. The molecular weight excluding hydrogens is 240 g/mol. The van der Waals surface area contributed by atoms with Crippen LogP contribution in [0.2, 0.25) is 0 Å². The maximum Gasteiger partial charge on any atom is 0.247 e. The molecule has 2 fully saturated rings. The Morgan fingerprint density at radius 3 is 2.37 bits per heavy atom. The zero-order valence-corrected chi connectivity index (χ0v) is 10.7. The fraction of sp³-hybridized carbons (Fsp3) is 0.467. The molecule has 0 aromatic heterocycles. The van der Waals surface area contributed by atoms with Gasteiger partial charge >= 0.3 is 0 Å². The second-order valence-electron chi connectivity index (χ2n) is 5.68. The summed E-state index contributed by atoms with van der Waals surface area (Å²) >= 11 is 0. The predicted octanol–water partition coefficient (Wildman–Crippen LogP) is 1.94. The Morgan fingerprint density at radius 2 is 1.74 bits per heavy atom. The first-order valence-electron chi connectivity index (χ1n) is 6.98. The molecule has 0 unspecified atom stereocenters. The van der Waals surface area contributed by atoms with E-state index in [1.54, 1.807) is 4.90 Å². The van der Waals surface area contributed by atoms with Crippen LogP contribution >= 0.6 is 0 Å². The lowest BCUT2D eigenvalue weighted by Crippen LogP contribution is -2.49. The molecule has 1 aromatic rings. The van der Waals surface area contributed by atoms with Crippen molar-refractivity contribution in [2.24, 2.45) is 5.92 Å². The van der Waals surface area contributed by atoms with Crippen LogP contribution in [-0.2, 0) is 9.59 Å². The molecule has 2 amide bonds. The van der Waals surface area contributed by atoms with Crippen molar-refractivity contribution < 1.29 is 9.59 Å². The van der Waals surface area contributed by atoms with Crippen molar-refractivity contribution in [3.8, 4) is 0 Å². The zero-order chi connectivity index (χ0) is 13.0. The molecule has 2 aliphatic carbocycles. The summed E-state index contributed by atoms with van der Waals surface area (Å²) in [4.78, 5) is 28.2. The fourth-order valence-corrected chi connectivity index (χ4v) is 2.81. The Morgan fingerprint density at radius 1 is 1.05 bits per heavy atom. The average molecular weight is 256 g/mol. The third-order valence-electron chi connectivity index (χ3n) is 4.10. The molecule has 4 rings (SSSR count). The van der Waals surface area contributed by atoms with Crippen molar-refractivity contribution >= 4 is 23.2 Å². The van der Waals surface area contributed by atoms with E-state index in [0.717, 1.165) is 37.1 Å². The smallest absolute Gasteiger partial charge is 0.247 e. The van der Waals surface area contributed by atoms with E-state index < -0.39 is 0 Å². The van der Waals surface area contributed by atoms with Gasteiger partial charge in [0, 0.05) is 12.0 Å². The highest BCUT2D eigenvalue weighted by molar-refractivity contribution is 6.12. The number of carbonyl (C=O) groups is 2. The summed E-state index contributed by atoms with van der Waals surface area (Å²) in [5.41, 5.74) is 1.82. The normalized spacial score (nSPS) is 22.4. The Bertz CT molecular complexity index is 561. The lowest BCUT2D eigenvalue weighted by Gasteiger charge is -2.36. The minimum absolute atomic E-state index is 0.0650. The van der Waals surface area contributed by atoms with Crippen LogP contribution in [0.1, 0.15) is 25.7 Å². The van der Waals surface area contributed by atoms with Crippen LogP contribution in [0.4, 0.5) is 11.4 Å². The Kier molecular flexibility index (Phi) is 2.22. The van der Waals surface area contributed by atoms with Gasteiger partial charge in [-0.25, -0.2) is 0 Å². The highest BCUT2D eigenvalue weighted by Crippen LogP contribution is 2.42. The van der Waals surface area contributed by atoms with E-state index in [-0.39, 0.29) is 24.3 Å². The number of para-hydroxylation sites is 2. The predicted molar refractivity (Wildman–Crippen MR) is 72.0 cm³/mol. The molecule has 0 atom stereocenters. The number of benzene rings is 1. The van der Waals surface area contributed by atoms with Gasteiger partial charge in [-0.05, 0) is 37.8 Å². The number of rotatable bonds is 2. The quantitative estimate of drug-likeness (QED) is 0.811. The van der Waals surface area contributed by atoms with Crippen molar-refractivity contribution in [1.29, 1.82) is 0 Å². The molecule has 4 heteroatoms. The molecule has 4 nitrogen and oxygen atoms in total. The minimum atomic E-state index is 0.0650. The van der Waals surface area contributed by atoms with Crippen molar-refractivity contribution in [2.75, 3.05) is 16.3 Å². The van der Waals surface area contributed by atoms with E-state index in [1.807, 2.05) is 29.2 Å². The summed E-state index contributed by atoms with van der Waals surface area (Å²) in [6.07, 6.45) is 4.10. The van der Waals surface area contributed by atoms with E-state index in [0.29, 0.717) is 6.04 Å². The number of fused-ring (bicyclic) bond motifs is 1. The van der Waals surface area contributed by atoms with Gasteiger partial charge in [-0.3, -0.25) is 9.59 Å². The van der Waals surface area contributed by atoms with Gasteiger partial charge in [-0.15, -0.1) is 0 Å². The number of amides is 2. The third kappa shape index (κ3) is 1.74. The van der Waals surface area contributed by atoms with Gasteiger partial charge in [0.2, 0.25) is 11.8 Å². The van der Waals surface area contributed by atoms with Gasteiger partial charge in [0.15, 0.2) is 0 Å². The van der Waals surface area contributed by atoms with E-state index >= 15 is 0 Å². The van der Waals surface area contributed by atoms with E-state index in [1.165, 1.54) is 0 Å². The molecule has 0 saturated heterocycles. The first-order chi connectivity index (χ1) is 9.25. The van der Waals surface area contributed by atoms with Crippen molar-refractivity contribution in [3.05, 3.63) is 24.3 Å². The minimum Gasteiger partial charge on any atom is -0.306 e. The van der Waals surface area contributed by atoms with Gasteiger partial charge in [-0.2, -0.15) is 0 Å². The van der Waals surface area contributed by atoms with Crippen molar-refractivity contribution in [1.82, 2.24) is 0 Å². The standard InChI is InChI=1S/C15H16N2O2/c18-14-9-16(15(19)10-5-6-10)12-3-1-2-4-13(12)17(14)11-7-8-11/h1-4,10-11H,5-9H2. The van der Waals surface area contributed by atoms with Crippen molar-refractivity contribution in [2.45, 2.75) is 31.7 Å². The Hall–Kier alpha value is -1.84. The van der Waals surface area contributed by atoms with Crippen LogP contribution in [0.5, 0.6) is 0 Å². The fourth-order valence-electron chi connectivity index (χ4n) is 2.81. The summed E-state index contributed by atoms with van der Waals surface area (Å²) in [6, 6.07) is 8.14. The summed E-state index contributed by atoms with van der Waals surface area (Å²) in [7, 11) is 0. The lowest BCUT2D eigenvalue weighted by atomic mass is 10.1.